The number of quaternary nitrogens is 1. The van der Waals surface area contributed by atoms with Crippen molar-refractivity contribution in [2.75, 3.05) is 75.5 Å². The van der Waals surface area contributed by atoms with Crippen molar-refractivity contribution in [2.45, 2.75) is 40.2 Å². The number of hydrogen-bond donors (Lipinski definition) is 0. The highest BCUT2D eigenvalue weighted by atomic mass is 32.2. The molecule has 8 nitrogen and oxygen atoms in total. The Kier molecular flexibility index (Phi) is 6.02. The summed E-state index contributed by atoms with van der Waals surface area (Å²) in [6.45, 7) is 16.2. The Morgan fingerprint density at radius 1 is 0.912 bits per heavy atom. The number of ether oxygens (including phenoxy) is 1. The van der Waals surface area contributed by atoms with Crippen LogP contribution in [0.5, 0.6) is 0 Å². The number of rotatable bonds is 3. The molecule has 9 heteroatoms. The molecule has 3 fully saturated rings. The first-order chi connectivity index (χ1) is 15.5. The van der Waals surface area contributed by atoms with Crippen LogP contribution in [0.2, 0.25) is 0 Å². The number of hydrogen-bond acceptors (Lipinski definition) is 6. The molecule has 3 heterocycles. The summed E-state index contributed by atoms with van der Waals surface area (Å²) in [5, 5.41) is 0. The van der Waals surface area contributed by atoms with Crippen molar-refractivity contribution < 1.29 is 22.4 Å². The van der Waals surface area contributed by atoms with Gasteiger partial charge in [-0.1, -0.05) is 13.8 Å². The number of amides is 1. The monoisotopic (exact) mass is 493 g/mol. The molecule has 0 radical (unpaired) electrons. The minimum atomic E-state index is -3.12. The molecule has 1 unspecified atom stereocenters. The lowest BCUT2D eigenvalue weighted by atomic mass is 9.71. The highest BCUT2D eigenvalue weighted by molar-refractivity contribution is 7.88. The summed E-state index contributed by atoms with van der Waals surface area (Å²) >= 11 is 0. The van der Waals surface area contributed by atoms with E-state index in [1.54, 1.807) is 4.31 Å². The number of piperazine rings is 1. The van der Waals surface area contributed by atoms with Crippen molar-refractivity contribution in [3.05, 3.63) is 24.3 Å². The van der Waals surface area contributed by atoms with Crippen LogP contribution < -0.4 is 9.80 Å². The zero-order valence-corrected chi connectivity index (χ0v) is 22.6. The zero-order valence-electron chi connectivity index (χ0n) is 21.8. The van der Waals surface area contributed by atoms with Gasteiger partial charge in [0.2, 0.25) is 10.0 Å². The fourth-order valence-corrected chi connectivity index (χ4v) is 7.02. The zero-order chi connectivity index (χ0) is 25.2. The third-order valence-corrected chi connectivity index (χ3v) is 9.36. The molecule has 1 aromatic carbocycles. The summed E-state index contributed by atoms with van der Waals surface area (Å²) in [4.78, 5) is 17.7. The van der Waals surface area contributed by atoms with Crippen molar-refractivity contribution in [1.29, 1.82) is 0 Å². The van der Waals surface area contributed by atoms with E-state index in [1.807, 2.05) is 27.8 Å². The Labute approximate surface area is 205 Å². The largest absolute Gasteiger partial charge is 0.516 e. The molecule has 3 atom stereocenters. The van der Waals surface area contributed by atoms with Gasteiger partial charge >= 0.3 is 6.09 Å². The molecule has 0 saturated carbocycles. The number of benzene rings is 1. The summed E-state index contributed by atoms with van der Waals surface area (Å²) in [6.07, 6.45) is 1.15. The normalized spacial score (nSPS) is 32.7. The van der Waals surface area contributed by atoms with Gasteiger partial charge < -0.3 is 14.5 Å². The maximum absolute atomic E-state index is 13.0. The highest BCUT2D eigenvalue weighted by Gasteiger charge is 2.66. The summed E-state index contributed by atoms with van der Waals surface area (Å²) in [5.74, 6) is 0. The number of anilines is 2. The van der Waals surface area contributed by atoms with Gasteiger partial charge in [0.15, 0.2) is 0 Å². The van der Waals surface area contributed by atoms with E-state index in [1.165, 1.54) is 11.9 Å². The second-order valence-corrected chi connectivity index (χ2v) is 14.3. The lowest BCUT2D eigenvalue weighted by Gasteiger charge is -2.35. The van der Waals surface area contributed by atoms with E-state index in [0.717, 1.165) is 31.9 Å². The Balaban J connectivity index is 1.42. The van der Waals surface area contributed by atoms with Gasteiger partial charge in [-0.2, -0.15) is 9.10 Å². The second kappa shape index (κ2) is 8.10. The van der Waals surface area contributed by atoms with E-state index in [2.05, 4.69) is 47.9 Å². The fourth-order valence-electron chi connectivity index (χ4n) is 6.19. The Bertz CT molecular complexity index is 1020. The van der Waals surface area contributed by atoms with Crippen LogP contribution in [-0.4, -0.2) is 94.6 Å². The molecule has 1 aromatic rings. The summed E-state index contributed by atoms with van der Waals surface area (Å²) in [6, 6.07) is 8.64. The van der Waals surface area contributed by atoms with Crippen molar-refractivity contribution in [3.8, 4) is 0 Å². The molecular formula is C25H41N4O4S+. The molecule has 4 rings (SSSR count). The molecule has 0 N–H and O–H groups in total. The van der Waals surface area contributed by atoms with Crippen LogP contribution >= 0.6 is 0 Å². The number of carbonyl (C=O) groups excluding carboxylic acids is 1. The van der Waals surface area contributed by atoms with Crippen molar-refractivity contribution in [3.63, 3.8) is 0 Å². The van der Waals surface area contributed by atoms with E-state index in [-0.39, 0.29) is 16.9 Å². The van der Waals surface area contributed by atoms with Crippen molar-refractivity contribution in [1.82, 2.24) is 4.31 Å². The van der Waals surface area contributed by atoms with Gasteiger partial charge in [-0.05, 0) is 45.0 Å². The van der Waals surface area contributed by atoms with Gasteiger partial charge in [-0.3, -0.25) is 0 Å². The molecule has 0 aliphatic carbocycles. The Morgan fingerprint density at radius 2 is 1.35 bits per heavy atom. The molecular weight excluding hydrogens is 452 g/mol. The predicted octanol–water partition coefficient (Wildman–Crippen LogP) is 3.00. The number of nitrogens with zero attached hydrogens (tertiary/aromatic N) is 4. The molecule has 3 aliphatic heterocycles. The fraction of sp³-hybridized carbons (Fsp3) is 0.720. The van der Waals surface area contributed by atoms with Crippen LogP contribution in [0.1, 0.15) is 34.6 Å². The molecule has 0 bridgehead atoms. The molecule has 0 spiro atoms. The van der Waals surface area contributed by atoms with E-state index in [4.69, 9.17) is 4.74 Å². The average Bonchev–Trinajstić information content (AvgIpc) is 3.07. The first-order valence-corrected chi connectivity index (χ1v) is 14.0. The van der Waals surface area contributed by atoms with Crippen LogP contribution in [0.15, 0.2) is 24.3 Å². The van der Waals surface area contributed by atoms with Gasteiger partial charge in [0.25, 0.3) is 0 Å². The Morgan fingerprint density at radius 3 is 1.76 bits per heavy atom. The van der Waals surface area contributed by atoms with Crippen LogP contribution in [0.4, 0.5) is 16.2 Å². The maximum atomic E-state index is 13.0. The Hall–Kier alpha value is -1.84. The summed E-state index contributed by atoms with van der Waals surface area (Å²) in [7, 11) is -1.10. The SMILES string of the molecule is CC(C)(C)OC(=O)[N+]1(C)C[C@]2(C)CN(c3ccc(N4CCN(S(C)(=O)=O)CC4)cc3)C[C@]2(C)C1. The van der Waals surface area contributed by atoms with Crippen LogP contribution in [0.3, 0.4) is 0 Å². The van der Waals surface area contributed by atoms with E-state index in [9.17, 15) is 13.2 Å². The number of sulfonamides is 1. The lowest BCUT2D eigenvalue weighted by molar-refractivity contribution is -0.831. The summed E-state index contributed by atoms with van der Waals surface area (Å²) < 4.78 is 31.2. The van der Waals surface area contributed by atoms with E-state index < -0.39 is 15.6 Å². The highest BCUT2D eigenvalue weighted by Crippen LogP contribution is 2.54. The third-order valence-electron chi connectivity index (χ3n) is 8.05. The number of carbonyl (C=O) groups is 1. The molecule has 34 heavy (non-hydrogen) atoms. The number of likely N-dealkylation sites (tertiary alicyclic amines) is 1. The van der Waals surface area contributed by atoms with Gasteiger partial charge in [0, 0.05) is 61.5 Å². The second-order valence-electron chi connectivity index (χ2n) is 12.3. The topological polar surface area (TPSA) is 70.2 Å². The van der Waals surface area contributed by atoms with Crippen LogP contribution in [0.25, 0.3) is 0 Å². The van der Waals surface area contributed by atoms with E-state index in [0.29, 0.717) is 30.7 Å². The summed E-state index contributed by atoms with van der Waals surface area (Å²) in [5.41, 5.74) is 1.87. The standard InChI is InChI=1S/C25H41N4O4S/c1-23(2,3)33-22(30)29(6)18-24(4)16-27(17-25(24,5)19-29)21-10-8-20(9-11-21)26-12-14-28(15-13-26)34(7,31)32/h8-11H,12-19H2,1-7H3/q+1/t24-,25+,29?. The number of fused-ring (bicyclic) bond motifs is 1. The van der Waals surface area contributed by atoms with Crippen molar-refractivity contribution >= 4 is 27.5 Å². The smallest absolute Gasteiger partial charge is 0.414 e. The first kappa shape index (κ1) is 25.3. The minimum absolute atomic E-state index is 0.0132. The predicted molar refractivity (Wildman–Crippen MR) is 136 cm³/mol. The van der Waals surface area contributed by atoms with Crippen molar-refractivity contribution in [2.24, 2.45) is 10.8 Å². The molecule has 3 aliphatic rings. The minimum Gasteiger partial charge on any atom is -0.414 e. The van der Waals surface area contributed by atoms with Gasteiger partial charge in [0.05, 0.1) is 26.4 Å². The maximum Gasteiger partial charge on any atom is 0.516 e. The molecule has 1 amide bonds. The molecule has 3 saturated heterocycles. The average molecular weight is 494 g/mol. The van der Waals surface area contributed by atoms with Crippen LogP contribution in [-0.2, 0) is 14.8 Å². The molecule has 0 aromatic heterocycles. The van der Waals surface area contributed by atoms with Gasteiger partial charge in [0.1, 0.15) is 5.60 Å². The lowest BCUT2D eigenvalue weighted by Crippen LogP contribution is -2.52. The van der Waals surface area contributed by atoms with Gasteiger partial charge in [-0.15, -0.1) is 0 Å². The molecule has 190 valence electrons. The van der Waals surface area contributed by atoms with E-state index >= 15 is 0 Å². The first-order valence-electron chi connectivity index (χ1n) is 12.2. The van der Waals surface area contributed by atoms with Crippen LogP contribution in [0, 0.1) is 10.8 Å². The van der Waals surface area contributed by atoms with Gasteiger partial charge in [-0.25, -0.2) is 12.9 Å². The third kappa shape index (κ3) is 4.66. The quantitative estimate of drug-likeness (QED) is 0.603.